The van der Waals surface area contributed by atoms with Crippen molar-refractivity contribution in [1.82, 2.24) is 9.97 Å². The summed E-state index contributed by atoms with van der Waals surface area (Å²) in [4.78, 5) is 7.98. The molecule has 2 N–H and O–H groups in total. The quantitative estimate of drug-likeness (QED) is 0.731. The predicted molar refractivity (Wildman–Crippen MR) is 49.2 cm³/mol. The van der Waals surface area contributed by atoms with Crippen LogP contribution in [0.2, 0.25) is 0 Å². The van der Waals surface area contributed by atoms with Gasteiger partial charge in [0, 0.05) is 12.7 Å². The zero-order valence-corrected chi connectivity index (χ0v) is 7.78. The van der Waals surface area contributed by atoms with E-state index in [9.17, 15) is 0 Å². The summed E-state index contributed by atoms with van der Waals surface area (Å²) in [7, 11) is 0. The average molecular weight is 196 g/mol. The highest BCUT2D eigenvalue weighted by atomic mass is 35.5. The lowest BCUT2D eigenvalue weighted by molar-refractivity contribution is 0.926. The fourth-order valence-electron chi connectivity index (χ4n) is 0.619. The zero-order valence-electron chi connectivity index (χ0n) is 6.15. The lowest BCUT2D eigenvalue weighted by Crippen LogP contribution is -2.00. The lowest BCUT2D eigenvalue weighted by Gasteiger charge is -1.93. The Morgan fingerprint density at radius 3 is 2.45 bits per heavy atom. The Bertz CT molecular complexity index is 205. The molecule has 1 aromatic rings. The SMILES string of the molecule is Cc1nccc(CN)n1.Cl.Cl. The van der Waals surface area contributed by atoms with Gasteiger partial charge in [0.25, 0.3) is 0 Å². The Morgan fingerprint density at radius 2 is 2.09 bits per heavy atom. The Balaban J connectivity index is 0. The van der Waals surface area contributed by atoms with Gasteiger partial charge >= 0.3 is 0 Å². The number of hydrogen-bond acceptors (Lipinski definition) is 3. The second-order valence-corrected chi connectivity index (χ2v) is 1.80. The van der Waals surface area contributed by atoms with Gasteiger partial charge in [-0.05, 0) is 13.0 Å². The van der Waals surface area contributed by atoms with Crippen LogP contribution in [0.1, 0.15) is 11.5 Å². The van der Waals surface area contributed by atoms with Gasteiger partial charge < -0.3 is 5.73 Å². The van der Waals surface area contributed by atoms with Crippen LogP contribution in [0, 0.1) is 6.92 Å². The molecular weight excluding hydrogens is 185 g/mol. The molecule has 1 heterocycles. The number of hydrogen-bond donors (Lipinski definition) is 1. The van der Waals surface area contributed by atoms with E-state index in [0.29, 0.717) is 6.54 Å². The molecule has 11 heavy (non-hydrogen) atoms. The summed E-state index contributed by atoms with van der Waals surface area (Å²) < 4.78 is 0. The molecule has 1 aromatic heterocycles. The van der Waals surface area contributed by atoms with Gasteiger partial charge in [-0.25, -0.2) is 9.97 Å². The van der Waals surface area contributed by atoms with Crippen molar-refractivity contribution < 1.29 is 0 Å². The fraction of sp³-hybridized carbons (Fsp3) is 0.333. The highest BCUT2D eigenvalue weighted by Crippen LogP contribution is 1.90. The molecule has 0 aliphatic carbocycles. The highest BCUT2D eigenvalue weighted by molar-refractivity contribution is 5.85. The third-order valence-electron chi connectivity index (χ3n) is 1.04. The molecule has 3 nitrogen and oxygen atoms in total. The van der Waals surface area contributed by atoms with Crippen LogP contribution in [0.4, 0.5) is 0 Å². The fourth-order valence-corrected chi connectivity index (χ4v) is 0.619. The molecular formula is C6H11Cl2N3. The Morgan fingerprint density at radius 1 is 1.45 bits per heavy atom. The van der Waals surface area contributed by atoms with Crippen molar-refractivity contribution in [3.05, 3.63) is 23.8 Å². The third kappa shape index (κ3) is 4.14. The topological polar surface area (TPSA) is 51.8 Å². The van der Waals surface area contributed by atoms with E-state index >= 15 is 0 Å². The third-order valence-corrected chi connectivity index (χ3v) is 1.04. The molecule has 0 fully saturated rings. The lowest BCUT2D eigenvalue weighted by atomic mass is 10.4. The molecule has 0 amide bonds. The summed E-state index contributed by atoms with van der Waals surface area (Å²) in [6.07, 6.45) is 1.71. The van der Waals surface area contributed by atoms with E-state index in [4.69, 9.17) is 5.73 Å². The van der Waals surface area contributed by atoms with Gasteiger partial charge in [0.05, 0.1) is 5.69 Å². The normalized spacial score (nSPS) is 7.82. The molecule has 0 radical (unpaired) electrons. The smallest absolute Gasteiger partial charge is 0.125 e. The van der Waals surface area contributed by atoms with Crippen LogP contribution in [-0.2, 0) is 6.54 Å². The average Bonchev–Trinajstić information content (AvgIpc) is 1.88. The molecule has 0 aromatic carbocycles. The van der Waals surface area contributed by atoms with Crippen LogP contribution in [0.25, 0.3) is 0 Å². The van der Waals surface area contributed by atoms with Gasteiger partial charge in [-0.1, -0.05) is 0 Å². The van der Waals surface area contributed by atoms with E-state index in [1.54, 1.807) is 6.20 Å². The molecule has 0 saturated carbocycles. The molecule has 0 aliphatic heterocycles. The summed E-state index contributed by atoms with van der Waals surface area (Å²) in [6, 6.07) is 1.81. The van der Waals surface area contributed by atoms with Crippen molar-refractivity contribution in [3.63, 3.8) is 0 Å². The number of nitrogens with two attached hydrogens (primary N) is 1. The van der Waals surface area contributed by atoms with Crippen molar-refractivity contribution in [3.8, 4) is 0 Å². The van der Waals surface area contributed by atoms with E-state index in [0.717, 1.165) is 11.5 Å². The molecule has 0 aliphatic rings. The van der Waals surface area contributed by atoms with Gasteiger partial charge in [-0.3, -0.25) is 0 Å². The summed E-state index contributed by atoms with van der Waals surface area (Å²) >= 11 is 0. The van der Waals surface area contributed by atoms with Crippen LogP contribution >= 0.6 is 24.8 Å². The molecule has 0 unspecified atom stereocenters. The minimum Gasteiger partial charge on any atom is -0.325 e. The number of aromatic nitrogens is 2. The summed E-state index contributed by atoms with van der Waals surface area (Å²) in [6.45, 7) is 2.34. The molecule has 64 valence electrons. The van der Waals surface area contributed by atoms with Crippen molar-refractivity contribution in [2.24, 2.45) is 5.73 Å². The first-order chi connectivity index (χ1) is 4.33. The minimum absolute atomic E-state index is 0. The maximum atomic E-state index is 5.33. The summed E-state index contributed by atoms with van der Waals surface area (Å²) in [5.74, 6) is 0.776. The van der Waals surface area contributed by atoms with Crippen LogP contribution in [0.3, 0.4) is 0 Å². The molecule has 5 heteroatoms. The minimum atomic E-state index is 0. The van der Waals surface area contributed by atoms with E-state index < -0.39 is 0 Å². The van der Waals surface area contributed by atoms with E-state index in [1.807, 2.05) is 13.0 Å². The Hall–Kier alpha value is -0.380. The van der Waals surface area contributed by atoms with Crippen molar-refractivity contribution in [1.29, 1.82) is 0 Å². The predicted octanol–water partition coefficient (Wildman–Crippen LogP) is 1.09. The zero-order chi connectivity index (χ0) is 6.69. The van der Waals surface area contributed by atoms with Gasteiger partial charge in [0.15, 0.2) is 0 Å². The van der Waals surface area contributed by atoms with Crippen molar-refractivity contribution >= 4 is 24.8 Å². The summed E-state index contributed by atoms with van der Waals surface area (Å²) in [5.41, 5.74) is 6.22. The van der Waals surface area contributed by atoms with E-state index in [1.165, 1.54) is 0 Å². The maximum Gasteiger partial charge on any atom is 0.125 e. The summed E-state index contributed by atoms with van der Waals surface area (Å²) in [5, 5.41) is 0. The van der Waals surface area contributed by atoms with Crippen LogP contribution in [0.5, 0.6) is 0 Å². The van der Waals surface area contributed by atoms with Crippen LogP contribution in [0.15, 0.2) is 12.3 Å². The number of rotatable bonds is 1. The standard InChI is InChI=1S/C6H9N3.2ClH/c1-5-8-3-2-6(4-7)9-5;;/h2-3H,4,7H2,1H3;2*1H. The van der Waals surface area contributed by atoms with Crippen molar-refractivity contribution in [2.75, 3.05) is 0 Å². The number of halogens is 2. The largest absolute Gasteiger partial charge is 0.325 e. The van der Waals surface area contributed by atoms with Crippen molar-refractivity contribution in [2.45, 2.75) is 13.5 Å². The highest BCUT2D eigenvalue weighted by Gasteiger charge is 1.88. The second kappa shape index (κ2) is 6.34. The molecule has 1 rings (SSSR count). The first-order valence-electron chi connectivity index (χ1n) is 2.81. The molecule has 0 spiro atoms. The van der Waals surface area contributed by atoms with Gasteiger partial charge in [0.2, 0.25) is 0 Å². The van der Waals surface area contributed by atoms with Gasteiger partial charge in [0.1, 0.15) is 5.82 Å². The number of aryl methyl sites for hydroxylation is 1. The number of nitrogens with zero attached hydrogens (tertiary/aromatic N) is 2. The van der Waals surface area contributed by atoms with Gasteiger partial charge in [-0.15, -0.1) is 24.8 Å². The molecule has 0 saturated heterocycles. The molecule has 0 bridgehead atoms. The van der Waals surface area contributed by atoms with E-state index in [2.05, 4.69) is 9.97 Å². The maximum absolute atomic E-state index is 5.33. The second-order valence-electron chi connectivity index (χ2n) is 1.80. The Kier molecular flexibility index (Phi) is 7.62. The molecule has 0 atom stereocenters. The van der Waals surface area contributed by atoms with Crippen LogP contribution < -0.4 is 5.73 Å². The monoisotopic (exact) mass is 195 g/mol. The van der Waals surface area contributed by atoms with E-state index in [-0.39, 0.29) is 24.8 Å². The Labute approximate surface area is 78.2 Å². The van der Waals surface area contributed by atoms with Crippen LogP contribution in [-0.4, -0.2) is 9.97 Å². The van der Waals surface area contributed by atoms with Gasteiger partial charge in [-0.2, -0.15) is 0 Å². The first kappa shape index (κ1) is 13.2. The first-order valence-corrected chi connectivity index (χ1v) is 2.81.